The highest BCUT2D eigenvalue weighted by atomic mass is 16.3. The number of rotatable bonds is 1. The highest BCUT2D eigenvalue weighted by Gasteiger charge is 2.01. The molecule has 0 aliphatic rings. The summed E-state index contributed by atoms with van der Waals surface area (Å²) in [5, 5.41) is 18.4. The Balaban J connectivity index is 3.31. The van der Waals surface area contributed by atoms with Crippen molar-refractivity contribution in [1.29, 1.82) is 0 Å². The highest BCUT2D eigenvalue weighted by Crippen LogP contribution is 2.26. The Hall–Kier alpha value is -1.44. The highest BCUT2D eigenvalue weighted by molar-refractivity contribution is 5.59. The fraction of sp³-hybridized carbons (Fsp3) is 0.111. The predicted octanol–water partition coefficient (Wildman–Crippen LogP) is 2.05. The third kappa shape index (κ3) is 1.34. The quantitative estimate of drug-likeness (QED) is 0.601. The number of hydrogen-bond acceptors (Lipinski definition) is 2. The lowest BCUT2D eigenvalue weighted by atomic mass is 10.1. The summed E-state index contributed by atoms with van der Waals surface area (Å²) in [5.74, 6) is 0.327. The molecule has 2 heteroatoms. The van der Waals surface area contributed by atoms with Gasteiger partial charge >= 0.3 is 0 Å². The average Bonchev–Trinajstić information content (AvgIpc) is 1.97. The van der Waals surface area contributed by atoms with Crippen molar-refractivity contribution in [1.82, 2.24) is 0 Å². The molecule has 1 rings (SSSR count). The number of benzene rings is 1. The maximum Gasteiger partial charge on any atom is 0.123 e. The monoisotopic (exact) mass is 150 g/mol. The standard InChI is InChI=1S/C9H10O2/c1-3-7-5-8(10)6(2)4-9(7)11/h3-5,10-11H,1H2,2H3. The van der Waals surface area contributed by atoms with E-state index in [0.29, 0.717) is 11.1 Å². The van der Waals surface area contributed by atoms with Crippen molar-refractivity contribution >= 4 is 6.08 Å². The molecule has 1 aromatic carbocycles. The molecule has 0 atom stereocenters. The molecule has 58 valence electrons. The number of aryl methyl sites for hydroxylation is 1. The fourth-order valence-electron chi connectivity index (χ4n) is 0.861. The van der Waals surface area contributed by atoms with Crippen LogP contribution in [0.2, 0.25) is 0 Å². The molecule has 2 nitrogen and oxygen atoms in total. The van der Waals surface area contributed by atoms with Gasteiger partial charge in [-0.15, -0.1) is 0 Å². The lowest BCUT2D eigenvalue weighted by Gasteiger charge is -2.02. The van der Waals surface area contributed by atoms with Gasteiger partial charge in [-0.3, -0.25) is 0 Å². The second-order valence-corrected chi connectivity index (χ2v) is 2.40. The Kier molecular flexibility index (Phi) is 1.85. The Morgan fingerprint density at radius 1 is 1.27 bits per heavy atom. The summed E-state index contributed by atoms with van der Waals surface area (Å²) >= 11 is 0. The van der Waals surface area contributed by atoms with E-state index in [1.807, 2.05) is 0 Å². The second kappa shape index (κ2) is 2.66. The van der Waals surface area contributed by atoms with Gasteiger partial charge in [0.05, 0.1) is 0 Å². The van der Waals surface area contributed by atoms with Gasteiger partial charge < -0.3 is 10.2 Å². The summed E-state index contributed by atoms with van der Waals surface area (Å²) in [5.41, 5.74) is 1.21. The van der Waals surface area contributed by atoms with Gasteiger partial charge in [0, 0.05) is 5.56 Å². The first-order valence-electron chi connectivity index (χ1n) is 3.30. The van der Waals surface area contributed by atoms with Crippen LogP contribution in [-0.4, -0.2) is 10.2 Å². The van der Waals surface area contributed by atoms with E-state index in [1.165, 1.54) is 18.2 Å². The fourth-order valence-corrected chi connectivity index (χ4v) is 0.861. The zero-order chi connectivity index (χ0) is 8.43. The number of phenolic OH excluding ortho intramolecular Hbond substituents is 2. The molecule has 0 bridgehead atoms. The molecular formula is C9H10O2. The van der Waals surface area contributed by atoms with Crippen molar-refractivity contribution in [2.45, 2.75) is 6.92 Å². The smallest absolute Gasteiger partial charge is 0.123 e. The minimum absolute atomic E-state index is 0.148. The second-order valence-electron chi connectivity index (χ2n) is 2.40. The minimum Gasteiger partial charge on any atom is -0.508 e. The Labute approximate surface area is 65.4 Å². The third-order valence-electron chi connectivity index (χ3n) is 1.57. The van der Waals surface area contributed by atoms with Gasteiger partial charge in [-0.25, -0.2) is 0 Å². The van der Waals surface area contributed by atoms with Gasteiger partial charge in [-0.05, 0) is 24.6 Å². The lowest BCUT2D eigenvalue weighted by molar-refractivity contribution is 0.456. The Morgan fingerprint density at radius 3 is 2.45 bits per heavy atom. The van der Waals surface area contributed by atoms with Crippen molar-refractivity contribution in [3.63, 3.8) is 0 Å². The molecule has 0 heterocycles. The summed E-state index contributed by atoms with van der Waals surface area (Å²) < 4.78 is 0. The summed E-state index contributed by atoms with van der Waals surface area (Å²) in [4.78, 5) is 0. The molecule has 0 radical (unpaired) electrons. The van der Waals surface area contributed by atoms with Crippen LogP contribution in [0.5, 0.6) is 11.5 Å². The van der Waals surface area contributed by atoms with Crippen molar-refractivity contribution in [2.24, 2.45) is 0 Å². The van der Waals surface area contributed by atoms with E-state index in [-0.39, 0.29) is 11.5 Å². The van der Waals surface area contributed by atoms with Gasteiger partial charge in [-0.1, -0.05) is 12.7 Å². The molecule has 0 saturated heterocycles. The van der Waals surface area contributed by atoms with Crippen LogP contribution in [-0.2, 0) is 0 Å². The largest absolute Gasteiger partial charge is 0.508 e. The van der Waals surface area contributed by atoms with Crippen LogP contribution >= 0.6 is 0 Å². The molecule has 0 saturated carbocycles. The Bertz CT molecular complexity index is 290. The lowest BCUT2D eigenvalue weighted by Crippen LogP contribution is -1.78. The van der Waals surface area contributed by atoms with Crippen molar-refractivity contribution < 1.29 is 10.2 Å². The first-order valence-corrected chi connectivity index (χ1v) is 3.30. The van der Waals surface area contributed by atoms with Crippen LogP contribution in [0.15, 0.2) is 18.7 Å². The van der Waals surface area contributed by atoms with Crippen LogP contribution in [0, 0.1) is 6.92 Å². The molecule has 0 unspecified atom stereocenters. The van der Waals surface area contributed by atoms with Crippen LogP contribution in [0.1, 0.15) is 11.1 Å². The molecule has 1 aromatic rings. The average molecular weight is 150 g/mol. The molecule has 0 aliphatic carbocycles. The maximum absolute atomic E-state index is 9.23. The minimum atomic E-state index is 0.148. The van der Waals surface area contributed by atoms with E-state index >= 15 is 0 Å². The van der Waals surface area contributed by atoms with E-state index in [2.05, 4.69) is 6.58 Å². The molecule has 0 aliphatic heterocycles. The maximum atomic E-state index is 9.23. The normalized spacial score (nSPS) is 9.55. The van der Waals surface area contributed by atoms with E-state index in [4.69, 9.17) is 0 Å². The first kappa shape index (κ1) is 7.66. The molecule has 0 aromatic heterocycles. The first-order chi connectivity index (χ1) is 5.15. The van der Waals surface area contributed by atoms with Gasteiger partial charge in [0.2, 0.25) is 0 Å². The van der Waals surface area contributed by atoms with Crippen molar-refractivity contribution in [3.8, 4) is 11.5 Å². The van der Waals surface area contributed by atoms with E-state index in [0.717, 1.165) is 0 Å². The zero-order valence-corrected chi connectivity index (χ0v) is 6.33. The van der Waals surface area contributed by atoms with E-state index < -0.39 is 0 Å². The van der Waals surface area contributed by atoms with Crippen molar-refractivity contribution in [3.05, 3.63) is 29.8 Å². The summed E-state index contributed by atoms with van der Waals surface area (Å²) in [6.45, 7) is 5.22. The SMILES string of the molecule is C=Cc1cc(O)c(C)cc1O. The molecular weight excluding hydrogens is 140 g/mol. The van der Waals surface area contributed by atoms with Crippen molar-refractivity contribution in [2.75, 3.05) is 0 Å². The summed E-state index contributed by atoms with van der Waals surface area (Å²) in [6, 6.07) is 2.99. The zero-order valence-electron chi connectivity index (χ0n) is 6.33. The van der Waals surface area contributed by atoms with Gasteiger partial charge in [0.15, 0.2) is 0 Å². The van der Waals surface area contributed by atoms with Crippen LogP contribution in [0.4, 0.5) is 0 Å². The van der Waals surface area contributed by atoms with Crippen LogP contribution in [0.3, 0.4) is 0 Å². The third-order valence-corrected chi connectivity index (χ3v) is 1.57. The van der Waals surface area contributed by atoms with Gasteiger partial charge in [0.25, 0.3) is 0 Å². The Morgan fingerprint density at radius 2 is 1.91 bits per heavy atom. The van der Waals surface area contributed by atoms with Gasteiger partial charge in [0.1, 0.15) is 11.5 Å². The van der Waals surface area contributed by atoms with Gasteiger partial charge in [-0.2, -0.15) is 0 Å². The van der Waals surface area contributed by atoms with Crippen LogP contribution < -0.4 is 0 Å². The van der Waals surface area contributed by atoms with E-state index in [1.54, 1.807) is 6.92 Å². The summed E-state index contributed by atoms with van der Waals surface area (Å²) in [6.07, 6.45) is 1.49. The molecule has 0 spiro atoms. The van der Waals surface area contributed by atoms with E-state index in [9.17, 15) is 10.2 Å². The number of hydrogen-bond donors (Lipinski definition) is 2. The topological polar surface area (TPSA) is 40.5 Å². The molecule has 0 amide bonds. The molecule has 2 N–H and O–H groups in total. The molecule has 11 heavy (non-hydrogen) atoms. The number of aromatic hydroxyl groups is 2. The number of phenols is 2. The predicted molar refractivity (Wildman–Crippen MR) is 44.6 cm³/mol. The van der Waals surface area contributed by atoms with Crippen LogP contribution in [0.25, 0.3) is 6.08 Å². The summed E-state index contributed by atoms with van der Waals surface area (Å²) in [7, 11) is 0. The molecule has 0 fully saturated rings.